The molecular formula is C32H26N8O10S2. The molecule has 0 aliphatic rings. The number of aromatic nitrogens is 3. The van der Waals surface area contributed by atoms with Crippen LogP contribution in [0.1, 0.15) is 15.9 Å². The molecule has 0 spiro atoms. The maximum absolute atomic E-state index is 12.3. The summed E-state index contributed by atoms with van der Waals surface area (Å²) < 4.78 is 77.9. The number of carbonyl (C=O) groups is 1. The number of aromatic carboxylic acids is 1. The second-order valence-corrected chi connectivity index (χ2v) is 13.8. The van der Waals surface area contributed by atoms with E-state index in [0.29, 0.717) is 45.9 Å². The first-order valence-corrected chi connectivity index (χ1v) is 17.6. The topological polar surface area (TPSA) is 271 Å². The first-order valence-electron chi connectivity index (χ1n) is 14.7. The summed E-state index contributed by atoms with van der Waals surface area (Å²) >= 11 is 0. The zero-order valence-corrected chi connectivity index (χ0v) is 28.8. The highest BCUT2D eigenvalue weighted by molar-refractivity contribution is 7.86. The Balaban J connectivity index is 1.32. The number of benzene rings is 5. The Bertz CT molecular complexity index is 2730. The number of carboxylic acid groups (broad SMARTS) is 1. The Morgan fingerprint density at radius 3 is 2.06 bits per heavy atom. The van der Waals surface area contributed by atoms with E-state index < -0.39 is 36.0 Å². The number of rotatable bonds is 10. The fourth-order valence-electron chi connectivity index (χ4n) is 5.18. The Morgan fingerprint density at radius 1 is 0.750 bits per heavy atom. The largest absolute Gasteiger partial charge is 0.495 e. The number of nitrogens with two attached hydrogens (primary N) is 1. The summed E-state index contributed by atoms with van der Waals surface area (Å²) in [7, 11) is -6.90. The molecule has 1 heterocycles. The van der Waals surface area contributed by atoms with Gasteiger partial charge in [-0.2, -0.15) is 32.2 Å². The van der Waals surface area contributed by atoms with Crippen LogP contribution in [0.2, 0.25) is 0 Å². The molecule has 52 heavy (non-hydrogen) atoms. The summed E-state index contributed by atoms with van der Waals surface area (Å²) in [5.74, 6) is -0.538. The summed E-state index contributed by atoms with van der Waals surface area (Å²) in [6, 6.07) is 16.5. The average Bonchev–Trinajstić information content (AvgIpc) is 3.54. The van der Waals surface area contributed by atoms with Gasteiger partial charge in [0.15, 0.2) is 0 Å². The maximum Gasteiger partial charge on any atom is 0.338 e. The van der Waals surface area contributed by atoms with Crippen molar-refractivity contribution in [3.8, 4) is 17.2 Å². The molecule has 5 aromatic carbocycles. The second-order valence-electron chi connectivity index (χ2n) is 11.0. The van der Waals surface area contributed by atoms with E-state index in [9.17, 15) is 35.8 Å². The maximum atomic E-state index is 12.3. The standard InChI is InChI=1S/C32H26N8O10S2/c1-16-10-17(34-37-26-15-28(49-2)23(33)14-29(26)50-3)4-7-24(16)36-35-18-5-9-27(22(11-18)32(41)42)40-38-25-8-6-20-21(31(25)39-40)12-19(51(43,44)45)13-30(20)52(46,47)48/h4-15H,33H2,1-3H3,(H,41,42)(H,43,44,45)(H,46,47,48). The van der Waals surface area contributed by atoms with Gasteiger partial charge in [0.2, 0.25) is 0 Å². The SMILES string of the molecule is COc1cc(N=Nc2ccc(N=Nc3ccc(-n4nc5ccc6c(S(=O)(=O)O)cc(S(=O)(=O)O)cc6c5n4)c(C(=O)O)c3)c(C)c2)c(OC)cc1N. The molecule has 6 aromatic rings. The van der Waals surface area contributed by atoms with Gasteiger partial charge < -0.3 is 20.3 Å². The van der Waals surface area contributed by atoms with Crippen molar-refractivity contribution in [2.45, 2.75) is 16.7 Å². The predicted octanol–water partition coefficient (Wildman–Crippen LogP) is 6.50. The van der Waals surface area contributed by atoms with Crippen LogP contribution in [-0.4, -0.2) is 66.2 Å². The Hall–Kier alpha value is -6.35. The molecule has 20 heteroatoms. The molecule has 0 radical (unpaired) electrons. The summed E-state index contributed by atoms with van der Waals surface area (Å²) in [5, 5.41) is 35.4. The Kier molecular flexibility index (Phi) is 9.15. The molecule has 266 valence electrons. The molecular weight excluding hydrogens is 721 g/mol. The average molecular weight is 747 g/mol. The van der Waals surface area contributed by atoms with E-state index >= 15 is 0 Å². The van der Waals surface area contributed by atoms with Gasteiger partial charge in [0.05, 0.1) is 47.4 Å². The molecule has 0 saturated carbocycles. The third kappa shape index (κ3) is 6.98. The van der Waals surface area contributed by atoms with Crippen molar-refractivity contribution in [2.24, 2.45) is 20.5 Å². The van der Waals surface area contributed by atoms with E-state index in [0.717, 1.165) is 10.9 Å². The van der Waals surface area contributed by atoms with Gasteiger partial charge in [-0.15, -0.1) is 20.1 Å². The second kappa shape index (κ2) is 13.4. The number of azo groups is 2. The molecule has 0 aliphatic heterocycles. The quantitative estimate of drug-likeness (QED) is 0.0662. The normalized spacial score (nSPS) is 12.3. The lowest BCUT2D eigenvalue weighted by molar-refractivity contribution is 0.0696. The van der Waals surface area contributed by atoms with E-state index in [4.69, 9.17) is 15.2 Å². The number of fused-ring (bicyclic) bond motifs is 3. The number of hydrogen-bond acceptors (Lipinski definition) is 14. The number of ether oxygens (including phenoxy) is 2. The molecule has 0 fully saturated rings. The molecule has 6 rings (SSSR count). The van der Waals surface area contributed by atoms with Crippen LogP contribution < -0.4 is 15.2 Å². The molecule has 0 unspecified atom stereocenters. The minimum atomic E-state index is -4.95. The number of nitrogens with zero attached hydrogens (tertiary/aromatic N) is 7. The van der Waals surface area contributed by atoms with Crippen LogP contribution >= 0.6 is 0 Å². The third-order valence-corrected chi connectivity index (χ3v) is 9.40. The van der Waals surface area contributed by atoms with Gasteiger partial charge in [0.1, 0.15) is 38.8 Å². The van der Waals surface area contributed by atoms with Gasteiger partial charge >= 0.3 is 5.97 Å². The molecule has 5 N–H and O–H groups in total. The summed E-state index contributed by atoms with van der Waals surface area (Å²) in [5.41, 5.74) is 8.32. The number of carboxylic acids is 1. The highest BCUT2D eigenvalue weighted by Crippen LogP contribution is 2.38. The van der Waals surface area contributed by atoms with Crippen LogP contribution in [0.5, 0.6) is 11.5 Å². The van der Waals surface area contributed by atoms with Crippen molar-refractivity contribution in [3.63, 3.8) is 0 Å². The number of anilines is 1. The van der Waals surface area contributed by atoms with Crippen LogP contribution in [0.3, 0.4) is 0 Å². The van der Waals surface area contributed by atoms with E-state index in [1.807, 2.05) is 0 Å². The lowest BCUT2D eigenvalue weighted by Gasteiger charge is -2.09. The van der Waals surface area contributed by atoms with E-state index in [-0.39, 0.29) is 38.7 Å². The highest BCUT2D eigenvalue weighted by Gasteiger charge is 2.23. The number of nitrogen functional groups attached to an aromatic ring is 1. The van der Waals surface area contributed by atoms with Crippen LogP contribution in [0, 0.1) is 6.92 Å². The lowest BCUT2D eigenvalue weighted by Crippen LogP contribution is -2.07. The highest BCUT2D eigenvalue weighted by atomic mass is 32.2. The van der Waals surface area contributed by atoms with Crippen LogP contribution in [0.15, 0.2) is 103 Å². The van der Waals surface area contributed by atoms with Crippen molar-refractivity contribution in [3.05, 3.63) is 83.9 Å². The van der Waals surface area contributed by atoms with Gasteiger partial charge in [-0.3, -0.25) is 9.11 Å². The summed E-state index contributed by atoms with van der Waals surface area (Å²) in [4.78, 5) is 11.7. The van der Waals surface area contributed by atoms with Crippen LogP contribution in [-0.2, 0) is 20.2 Å². The van der Waals surface area contributed by atoms with Crippen molar-refractivity contribution in [2.75, 3.05) is 20.0 Å². The number of aryl methyl sites for hydroxylation is 1. The van der Waals surface area contributed by atoms with Crippen LogP contribution in [0.4, 0.5) is 28.4 Å². The Morgan fingerprint density at radius 2 is 1.42 bits per heavy atom. The minimum absolute atomic E-state index is 0.0158. The lowest BCUT2D eigenvalue weighted by atomic mass is 10.1. The molecule has 0 amide bonds. The smallest absolute Gasteiger partial charge is 0.338 e. The van der Waals surface area contributed by atoms with Gasteiger partial charge in [-0.05, 0) is 67.1 Å². The van der Waals surface area contributed by atoms with Gasteiger partial charge in [-0.25, -0.2) is 4.79 Å². The fourth-order valence-corrected chi connectivity index (χ4v) is 6.52. The van der Waals surface area contributed by atoms with E-state index in [1.54, 1.807) is 37.3 Å². The van der Waals surface area contributed by atoms with Gasteiger partial charge in [-0.1, -0.05) is 6.07 Å². The molecule has 0 saturated heterocycles. The van der Waals surface area contributed by atoms with Crippen molar-refractivity contribution in [1.29, 1.82) is 0 Å². The number of hydrogen-bond donors (Lipinski definition) is 4. The van der Waals surface area contributed by atoms with E-state index in [1.165, 1.54) is 44.6 Å². The summed E-state index contributed by atoms with van der Waals surface area (Å²) in [6.07, 6.45) is 0. The molecule has 0 atom stereocenters. The molecule has 0 bridgehead atoms. The fraction of sp³-hybridized carbons (Fsp3) is 0.0938. The Labute approximate surface area is 294 Å². The van der Waals surface area contributed by atoms with Gasteiger partial charge in [0, 0.05) is 22.9 Å². The van der Waals surface area contributed by atoms with Crippen molar-refractivity contribution in [1.82, 2.24) is 15.0 Å². The minimum Gasteiger partial charge on any atom is -0.495 e. The monoisotopic (exact) mass is 746 g/mol. The van der Waals surface area contributed by atoms with E-state index in [2.05, 4.69) is 30.7 Å². The third-order valence-electron chi connectivity index (χ3n) is 7.68. The van der Waals surface area contributed by atoms with Crippen LogP contribution in [0.25, 0.3) is 27.5 Å². The molecule has 1 aromatic heterocycles. The zero-order valence-electron chi connectivity index (χ0n) is 27.2. The first kappa shape index (κ1) is 35.5. The zero-order chi connectivity index (χ0) is 37.5. The van der Waals surface area contributed by atoms with Crippen molar-refractivity contribution >= 4 is 76.4 Å². The number of methoxy groups -OCH3 is 2. The molecule has 18 nitrogen and oxygen atoms in total. The summed E-state index contributed by atoms with van der Waals surface area (Å²) in [6.45, 7) is 1.78. The predicted molar refractivity (Wildman–Crippen MR) is 186 cm³/mol. The van der Waals surface area contributed by atoms with Crippen molar-refractivity contribution < 1.29 is 45.3 Å². The van der Waals surface area contributed by atoms with Gasteiger partial charge in [0.25, 0.3) is 20.2 Å². The first-order chi connectivity index (χ1) is 24.6. The molecule has 0 aliphatic carbocycles.